The zero-order valence-electron chi connectivity index (χ0n) is 21.3. The number of carbonyl (C=O) groups excluding carboxylic acids is 3. The molecule has 6 rings (SSSR count). The van der Waals surface area contributed by atoms with Crippen molar-refractivity contribution in [2.75, 3.05) is 0 Å². The van der Waals surface area contributed by atoms with Crippen LogP contribution in [0.3, 0.4) is 0 Å². The molecule has 1 saturated carbocycles. The van der Waals surface area contributed by atoms with Crippen LogP contribution >= 0.6 is 22.9 Å². The first-order valence-corrected chi connectivity index (χ1v) is 14.6. The number of hydrogen-bond acceptors (Lipinski definition) is 5. The number of nitrogens with zero attached hydrogens (tertiary/aromatic N) is 1. The van der Waals surface area contributed by atoms with Gasteiger partial charge in [0.1, 0.15) is 11.6 Å². The van der Waals surface area contributed by atoms with Gasteiger partial charge >= 0.3 is 0 Å². The molecule has 38 heavy (non-hydrogen) atoms. The zero-order chi connectivity index (χ0) is 26.5. The van der Waals surface area contributed by atoms with Crippen LogP contribution < -0.4 is 10.6 Å². The van der Waals surface area contributed by atoms with Crippen LogP contribution in [0.5, 0.6) is 0 Å². The number of hydrogen-bond donors (Lipinski definition) is 2. The number of fused-ring (bicyclic) bond motifs is 1. The van der Waals surface area contributed by atoms with Gasteiger partial charge in [0.15, 0.2) is 0 Å². The highest BCUT2D eigenvalue weighted by molar-refractivity contribution is 7.09. The number of amides is 3. The van der Waals surface area contributed by atoms with Crippen molar-refractivity contribution in [1.82, 2.24) is 15.5 Å². The number of carbonyl (C=O) groups is 3. The van der Waals surface area contributed by atoms with Crippen molar-refractivity contribution < 1.29 is 19.1 Å². The fourth-order valence-electron chi connectivity index (χ4n) is 6.81. The number of ether oxygens (including phenoxy) is 1. The lowest BCUT2D eigenvalue weighted by atomic mass is 9.70. The maximum Gasteiger partial charge on any atom is 0.246 e. The molecule has 3 amide bonds. The van der Waals surface area contributed by atoms with E-state index in [2.05, 4.69) is 10.6 Å². The van der Waals surface area contributed by atoms with Gasteiger partial charge in [0.25, 0.3) is 0 Å². The largest absolute Gasteiger partial charge is 0.356 e. The first-order chi connectivity index (χ1) is 18.3. The highest BCUT2D eigenvalue weighted by atomic mass is 35.5. The smallest absolute Gasteiger partial charge is 0.246 e. The highest BCUT2D eigenvalue weighted by Gasteiger charge is 2.76. The van der Waals surface area contributed by atoms with Gasteiger partial charge in [0.2, 0.25) is 17.7 Å². The quantitative estimate of drug-likeness (QED) is 0.503. The van der Waals surface area contributed by atoms with E-state index in [4.69, 9.17) is 16.3 Å². The van der Waals surface area contributed by atoms with Gasteiger partial charge in [0, 0.05) is 22.5 Å². The Bertz CT molecular complexity index is 1260. The molecule has 4 heterocycles. The van der Waals surface area contributed by atoms with Crippen LogP contribution in [0, 0.1) is 11.8 Å². The van der Waals surface area contributed by atoms with E-state index in [1.807, 2.05) is 48.7 Å². The molecule has 1 aromatic carbocycles. The van der Waals surface area contributed by atoms with Gasteiger partial charge in [-0.25, -0.2) is 0 Å². The number of rotatable bonds is 7. The van der Waals surface area contributed by atoms with Crippen molar-refractivity contribution >= 4 is 40.7 Å². The molecule has 5 atom stereocenters. The summed E-state index contributed by atoms with van der Waals surface area (Å²) in [5.74, 6) is -2.19. The molecule has 1 spiro atoms. The molecule has 9 heteroatoms. The Kier molecular flexibility index (Phi) is 6.61. The third-order valence-electron chi connectivity index (χ3n) is 8.56. The fourth-order valence-corrected chi connectivity index (χ4v) is 7.58. The molecule has 2 bridgehead atoms. The highest BCUT2D eigenvalue weighted by Crippen LogP contribution is 2.59. The molecule has 3 aliphatic heterocycles. The molecule has 200 valence electrons. The van der Waals surface area contributed by atoms with E-state index < -0.39 is 29.1 Å². The van der Waals surface area contributed by atoms with Gasteiger partial charge in [-0.15, -0.1) is 11.3 Å². The van der Waals surface area contributed by atoms with Crippen LogP contribution in [-0.2, 0) is 32.2 Å². The zero-order valence-corrected chi connectivity index (χ0v) is 22.9. The Labute approximate surface area is 231 Å². The van der Waals surface area contributed by atoms with Gasteiger partial charge < -0.3 is 20.3 Å². The van der Waals surface area contributed by atoms with Crippen molar-refractivity contribution in [1.29, 1.82) is 0 Å². The van der Waals surface area contributed by atoms with Crippen LogP contribution in [0.15, 0.2) is 53.9 Å². The van der Waals surface area contributed by atoms with Gasteiger partial charge in [0.05, 0.1) is 24.0 Å². The predicted molar refractivity (Wildman–Crippen MR) is 145 cm³/mol. The minimum Gasteiger partial charge on any atom is -0.356 e. The van der Waals surface area contributed by atoms with Gasteiger partial charge in [-0.2, -0.15) is 0 Å². The van der Waals surface area contributed by atoms with E-state index in [0.29, 0.717) is 11.6 Å². The maximum atomic E-state index is 14.2. The maximum absolute atomic E-state index is 14.2. The van der Waals surface area contributed by atoms with Crippen molar-refractivity contribution in [3.8, 4) is 0 Å². The minimum atomic E-state index is -1.19. The second kappa shape index (κ2) is 9.81. The lowest BCUT2D eigenvalue weighted by Gasteiger charge is -2.34. The van der Waals surface area contributed by atoms with Crippen LogP contribution in [0.25, 0.3) is 0 Å². The van der Waals surface area contributed by atoms with Crippen molar-refractivity contribution in [3.05, 3.63) is 69.4 Å². The summed E-state index contributed by atoms with van der Waals surface area (Å²) in [6, 6.07) is 10.4. The number of likely N-dealkylation sites (tertiary alicyclic amines) is 1. The second-order valence-electron chi connectivity index (χ2n) is 11.1. The van der Waals surface area contributed by atoms with Crippen LogP contribution in [0.2, 0.25) is 5.02 Å². The van der Waals surface area contributed by atoms with Crippen molar-refractivity contribution in [3.63, 3.8) is 0 Å². The normalized spacial score (nSPS) is 32.0. The molecule has 2 N–H and O–H groups in total. The molecule has 3 fully saturated rings. The monoisotopic (exact) mass is 553 g/mol. The van der Waals surface area contributed by atoms with Crippen LogP contribution in [0.4, 0.5) is 0 Å². The summed E-state index contributed by atoms with van der Waals surface area (Å²) in [4.78, 5) is 44.4. The molecule has 2 aromatic rings. The van der Waals surface area contributed by atoms with Gasteiger partial charge in [-0.3, -0.25) is 14.4 Å². The Hall–Kier alpha value is -2.68. The molecule has 5 unspecified atom stereocenters. The molecular formula is C29H32ClN3O4S. The lowest BCUT2D eigenvalue weighted by Crippen LogP contribution is -2.56. The Morgan fingerprint density at radius 3 is 2.58 bits per heavy atom. The molecule has 0 radical (unpaired) electrons. The van der Waals surface area contributed by atoms with E-state index in [-0.39, 0.29) is 30.3 Å². The standard InChI is InChI=1S/C29H32ClN3O4S/c1-28-13-14-29(37-28)23(22(28)25(34)31-16-21-8-5-15-38-21)27(36)33(17-18-9-11-19(30)12-10-18)24(29)26(35)32-20-6-3-2-4-7-20/h5,8-15,20,22-24H,2-4,6-7,16-17H2,1H3,(H,31,34)(H,32,35). The second-order valence-corrected chi connectivity index (χ2v) is 12.5. The minimum absolute atomic E-state index is 0.0854. The van der Waals surface area contributed by atoms with Crippen molar-refractivity contribution in [2.24, 2.45) is 11.8 Å². The molecule has 2 saturated heterocycles. The summed E-state index contributed by atoms with van der Waals surface area (Å²) in [5, 5.41) is 8.81. The van der Waals surface area contributed by atoms with E-state index >= 15 is 0 Å². The Morgan fingerprint density at radius 2 is 1.87 bits per heavy atom. The van der Waals surface area contributed by atoms with Crippen LogP contribution in [0.1, 0.15) is 49.5 Å². The number of benzene rings is 1. The van der Waals surface area contributed by atoms with Gasteiger partial charge in [-0.05, 0) is 48.9 Å². The number of thiophene rings is 1. The first-order valence-electron chi connectivity index (χ1n) is 13.4. The third kappa shape index (κ3) is 4.27. The number of halogens is 1. The SMILES string of the molecule is CC12C=CC3(O1)C(C(=O)N(Cc1ccc(Cl)cc1)C3C(=O)NC1CCCCC1)C2C(=O)NCc1cccs1. The topological polar surface area (TPSA) is 87.7 Å². The molecule has 4 aliphatic rings. The lowest BCUT2D eigenvalue weighted by molar-refractivity contribution is -0.145. The summed E-state index contributed by atoms with van der Waals surface area (Å²) in [7, 11) is 0. The summed E-state index contributed by atoms with van der Waals surface area (Å²) in [6.45, 7) is 2.47. The van der Waals surface area contributed by atoms with E-state index in [1.54, 1.807) is 28.4 Å². The molecular weight excluding hydrogens is 522 g/mol. The summed E-state index contributed by atoms with van der Waals surface area (Å²) in [5.41, 5.74) is -1.30. The first kappa shape index (κ1) is 25.6. The van der Waals surface area contributed by atoms with E-state index in [1.165, 1.54) is 6.42 Å². The Balaban J connectivity index is 1.33. The fraction of sp³-hybridized carbons (Fsp3) is 0.483. The predicted octanol–water partition coefficient (Wildman–Crippen LogP) is 4.21. The summed E-state index contributed by atoms with van der Waals surface area (Å²) in [6.07, 6.45) is 8.94. The number of nitrogens with one attached hydrogen (secondary N) is 2. The molecule has 1 aliphatic carbocycles. The molecule has 1 aromatic heterocycles. The van der Waals surface area contributed by atoms with Crippen LogP contribution in [-0.4, -0.2) is 45.9 Å². The third-order valence-corrected chi connectivity index (χ3v) is 9.69. The Morgan fingerprint density at radius 1 is 1.11 bits per heavy atom. The van der Waals surface area contributed by atoms with Crippen molar-refractivity contribution in [2.45, 2.75) is 75.4 Å². The summed E-state index contributed by atoms with van der Waals surface area (Å²) >= 11 is 7.66. The summed E-state index contributed by atoms with van der Waals surface area (Å²) < 4.78 is 6.61. The van der Waals surface area contributed by atoms with Gasteiger partial charge in [-0.1, -0.05) is 61.2 Å². The van der Waals surface area contributed by atoms with E-state index in [0.717, 1.165) is 36.1 Å². The average molecular weight is 554 g/mol. The average Bonchev–Trinajstić information content (AvgIpc) is 3.65. The van der Waals surface area contributed by atoms with E-state index in [9.17, 15) is 14.4 Å². The molecule has 7 nitrogen and oxygen atoms in total.